The van der Waals surface area contributed by atoms with E-state index < -0.39 is 5.54 Å². The fraction of sp³-hybridized carbons (Fsp3) is 0.458. The number of rotatable bonds is 5. The number of aromatic nitrogens is 2. The predicted octanol–water partition coefficient (Wildman–Crippen LogP) is 5.49. The summed E-state index contributed by atoms with van der Waals surface area (Å²) in [4.78, 5) is 3.65. The molecule has 1 atom stereocenters. The Morgan fingerprint density at radius 1 is 1.21 bits per heavy atom. The normalized spacial score (nSPS) is 16.0. The van der Waals surface area contributed by atoms with E-state index in [0.29, 0.717) is 0 Å². The SMILES string of the molecule is CCCC(N)(c1cccs1)c1c2c(nn1C)N(c1c(C)cc(C)cc1C)CCC2. The number of benzene rings is 1. The summed E-state index contributed by atoms with van der Waals surface area (Å²) in [5.41, 5.74) is 14.4. The number of fused-ring (bicyclic) bond motifs is 1. The summed E-state index contributed by atoms with van der Waals surface area (Å²) in [6.07, 6.45) is 4.11. The minimum atomic E-state index is -0.487. The van der Waals surface area contributed by atoms with Gasteiger partial charge in [-0.3, -0.25) is 4.68 Å². The molecule has 3 aromatic rings. The van der Waals surface area contributed by atoms with Crippen LogP contribution in [-0.2, 0) is 19.0 Å². The molecule has 1 aromatic carbocycles. The van der Waals surface area contributed by atoms with Gasteiger partial charge in [0.2, 0.25) is 0 Å². The van der Waals surface area contributed by atoms with Crippen LogP contribution >= 0.6 is 11.3 Å². The van der Waals surface area contributed by atoms with Gasteiger partial charge in [-0.25, -0.2) is 0 Å². The van der Waals surface area contributed by atoms with Crippen molar-refractivity contribution in [2.75, 3.05) is 11.4 Å². The number of aryl methyl sites for hydroxylation is 4. The Labute approximate surface area is 178 Å². The molecule has 29 heavy (non-hydrogen) atoms. The van der Waals surface area contributed by atoms with Gasteiger partial charge in [-0.2, -0.15) is 5.10 Å². The Kier molecular flexibility index (Phi) is 5.30. The van der Waals surface area contributed by atoms with E-state index in [2.05, 4.69) is 74.0 Å². The lowest BCUT2D eigenvalue weighted by Gasteiger charge is -2.33. The van der Waals surface area contributed by atoms with Crippen LogP contribution in [-0.4, -0.2) is 16.3 Å². The van der Waals surface area contributed by atoms with Gasteiger partial charge in [-0.1, -0.05) is 37.1 Å². The van der Waals surface area contributed by atoms with Gasteiger partial charge in [0.05, 0.1) is 11.2 Å². The zero-order valence-electron chi connectivity index (χ0n) is 18.2. The number of nitrogens with zero attached hydrogens (tertiary/aromatic N) is 3. The Balaban J connectivity index is 1.89. The summed E-state index contributed by atoms with van der Waals surface area (Å²) in [7, 11) is 2.06. The number of hydrogen-bond acceptors (Lipinski definition) is 4. The summed E-state index contributed by atoms with van der Waals surface area (Å²) in [5, 5.41) is 7.16. The molecule has 3 heterocycles. The summed E-state index contributed by atoms with van der Waals surface area (Å²) in [5.74, 6) is 1.09. The van der Waals surface area contributed by atoms with Gasteiger partial charge in [-0.15, -0.1) is 11.3 Å². The van der Waals surface area contributed by atoms with Crippen LogP contribution in [0.2, 0.25) is 0 Å². The van der Waals surface area contributed by atoms with E-state index in [1.807, 2.05) is 0 Å². The summed E-state index contributed by atoms with van der Waals surface area (Å²) < 4.78 is 2.05. The van der Waals surface area contributed by atoms with Crippen molar-refractivity contribution >= 4 is 22.8 Å². The molecule has 0 aliphatic carbocycles. The van der Waals surface area contributed by atoms with Crippen LogP contribution in [0.3, 0.4) is 0 Å². The van der Waals surface area contributed by atoms with E-state index in [9.17, 15) is 0 Å². The molecule has 2 N–H and O–H groups in total. The van der Waals surface area contributed by atoms with Crippen LogP contribution in [0.1, 0.15) is 59.0 Å². The fourth-order valence-electron chi connectivity index (χ4n) is 5.18. The van der Waals surface area contributed by atoms with Gasteiger partial charge in [0.1, 0.15) is 0 Å². The highest BCUT2D eigenvalue weighted by atomic mass is 32.1. The molecule has 0 fully saturated rings. The standard InChI is InChI=1S/C24H32N4S/c1-6-11-24(25,20-10-8-13-29-20)22-19-9-7-12-28(23(19)26-27(22)5)21-17(3)14-16(2)15-18(21)4/h8,10,13-15H,6-7,9,11-12,25H2,1-5H3. The third-order valence-electron chi connectivity index (χ3n) is 6.12. The number of thiophene rings is 1. The van der Waals surface area contributed by atoms with Crippen molar-refractivity contribution in [3.63, 3.8) is 0 Å². The second kappa shape index (κ2) is 7.62. The number of nitrogens with two attached hydrogens (primary N) is 1. The van der Waals surface area contributed by atoms with Crippen LogP contribution in [0.25, 0.3) is 0 Å². The monoisotopic (exact) mass is 408 g/mol. The average Bonchev–Trinajstić information content (AvgIpc) is 3.29. The molecule has 4 rings (SSSR count). The quantitative estimate of drug-likeness (QED) is 0.607. The average molecular weight is 409 g/mol. The van der Waals surface area contributed by atoms with Crippen molar-refractivity contribution in [1.82, 2.24) is 9.78 Å². The first-order chi connectivity index (χ1) is 13.9. The highest BCUT2D eigenvalue weighted by molar-refractivity contribution is 7.10. The molecule has 0 spiro atoms. The zero-order chi connectivity index (χ0) is 20.8. The van der Waals surface area contributed by atoms with E-state index >= 15 is 0 Å². The van der Waals surface area contributed by atoms with Gasteiger partial charge >= 0.3 is 0 Å². The van der Waals surface area contributed by atoms with Gasteiger partial charge in [0.25, 0.3) is 0 Å². The first-order valence-electron chi connectivity index (χ1n) is 10.6. The minimum absolute atomic E-state index is 0.487. The molecule has 154 valence electrons. The first kappa shape index (κ1) is 20.2. The maximum atomic E-state index is 7.16. The maximum Gasteiger partial charge on any atom is 0.158 e. The lowest BCUT2D eigenvalue weighted by atomic mass is 9.85. The van der Waals surface area contributed by atoms with Gasteiger partial charge in [0, 0.05) is 29.7 Å². The molecule has 1 aliphatic rings. The second-order valence-corrected chi connectivity index (χ2v) is 9.42. The molecule has 0 saturated heterocycles. The summed E-state index contributed by atoms with van der Waals surface area (Å²) >= 11 is 1.75. The molecular weight excluding hydrogens is 376 g/mol. The van der Waals surface area contributed by atoms with Crippen molar-refractivity contribution in [3.8, 4) is 0 Å². The molecule has 1 unspecified atom stereocenters. The number of hydrogen-bond donors (Lipinski definition) is 1. The first-order valence-corrected chi connectivity index (χ1v) is 11.5. The topological polar surface area (TPSA) is 47.1 Å². The van der Waals surface area contributed by atoms with Crippen LogP contribution in [0.4, 0.5) is 11.5 Å². The maximum absolute atomic E-state index is 7.16. The lowest BCUT2D eigenvalue weighted by Crippen LogP contribution is -2.40. The molecule has 4 nitrogen and oxygen atoms in total. The number of anilines is 2. The molecule has 0 bridgehead atoms. The third kappa shape index (κ3) is 3.30. The van der Waals surface area contributed by atoms with Crippen LogP contribution < -0.4 is 10.6 Å². The van der Waals surface area contributed by atoms with Gasteiger partial charge in [-0.05, 0) is 62.6 Å². The Bertz CT molecular complexity index is 995. The minimum Gasteiger partial charge on any atom is -0.324 e. The van der Waals surface area contributed by atoms with Gasteiger partial charge in [0.15, 0.2) is 5.82 Å². The second-order valence-electron chi connectivity index (χ2n) is 8.48. The third-order valence-corrected chi connectivity index (χ3v) is 7.17. The van der Waals surface area contributed by atoms with E-state index in [0.717, 1.165) is 38.0 Å². The fourth-order valence-corrected chi connectivity index (χ4v) is 6.05. The smallest absolute Gasteiger partial charge is 0.158 e. The predicted molar refractivity (Wildman–Crippen MR) is 123 cm³/mol. The van der Waals surface area contributed by atoms with E-state index in [1.165, 1.54) is 38.5 Å². The van der Waals surface area contributed by atoms with E-state index in [4.69, 9.17) is 10.8 Å². The van der Waals surface area contributed by atoms with Crippen LogP contribution in [0.5, 0.6) is 0 Å². The molecule has 0 saturated carbocycles. The lowest BCUT2D eigenvalue weighted by molar-refractivity contribution is 0.450. The molecule has 5 heteroatoms. The van der Waals surface area contributed by atoms with E-state index in [1.54, 1.807) is 11.3 Å². The van der Waals surface area contributed by atoms with Crippen molar-refractivity contribution in [3.05, 3.63) is 62.5 Å². The Hall–Kier alpha value is -2.11. The summed E-state index contributed by atoms with van der Waals surface area (Å²) in [6.45, 7) is 9.80. The molecule has 1 aliphatic heterocycles. The molecular formula is C24H32N4S. The molecule has 0 amide bonds. The highest BCUT2D eigenvalue weighted by Gasteiger charge is 2.39. The zero-order valence-corrected chi connectivity index (χ0v) is 19.1. The van der Waals surface area contributed by atoms with Crippen molar-refractivity contribution in [2.24, 2.45) is 12.8 Å². The summed E-state index contributed by atoms with van der Waals surface area (Å²) in [6, 6.07) is 8.83. The van der Waals surface area contributed by atoms with Crippen molar-refractivity contribution in [1.29, 1.82) is 0 Å². The van der Waals surface area contributed by atoms with Crippen molar-refractivity contribution in [2.45, 2.75) is 58.9 Å². The Morgan fingerprint density at radius 2 is 1.93 bits per heavy atom. The van der Waals surface area contributed by atoms with Crippen molar-refractivity contribution < 1.29 is 0 Å². The largest absolute Gasteiger partial charge is 0.324 e. The highest BCUT2D eigenvalue weighted by Crippen LogP contribution is 2.43. The van der Waals surface area contributed by atoms with E-state index in [-0.39, 0.29) is 0 Å². The van der Waals surface area contributed by atoms with Crippen LogP contribution in [0.15, 0.2) is 29.6 Å². The molecule has 2 aromatic heterocycles. The van der Waals surface area contributed by atoms with Gasteiger partial charge < -0.3 is 10.6 Å². The molecule has 0 radical (unpaired) electrons. The van der Waals surface area contributed by atoms with Crippen LogP contribution in [0, 0.1) is 20.8 Å². The Morgan fingerprint density at radius 3 is 2.55 bits per heavy atom.